The molecule has 24 heavy (non-hydrogen) atoms. The number of nitrogens with two attached hydrogens (primary N) is 1. The van der Waals surface area contributed by atoms with Crippen LogP contribution in [0.1, 0.15) is 22.3 Å². The summed E-state index contributed by atoms with van der Waals surface area (Å²) in [5.41, 5.74) is 10.2. The molecule has 0 aliphatic carbocycles. The van der Waals surface area contributed by atoms with Gasteiger partial charge in [0, 0.05) is 32.8 Å². The van der Waals surface area contributed by atoms with E-state index in [2.05, 4.69) is 36.3 Å². The van der Waals surface area contributed by atoms with Crippen LogP contribution in [0.4, 0.5) is 5.69 Å². The molecule has 0 amide bonds. The molecule has 0 fully saturated rings. The molecule has 0 aliphatic rings. The van der Waals surface area contributed by atoms with Crippen LogP contribution in [0.25, 0.3) is 0 Å². The van der Waals surface area contributed by atoms with Crippen molar-refractivity contribution in [3.8, 4) is 23.7 Å². The first-order chi connectivity index (χ1) is 11.7. The highest BCUT2D eigenvalue weighted by Crippen LogP contribution is 2.08. The number of nitrogen functional groups attached to an aromatic ring is 1. The van der Waals surface area contributed by atoms with Crippen LogP contribution >= 0.6 is 12.6 Å². The van der Waals surface area contributed by atoms with Crippen LogP contribution in [0.3, 0.4) is 0 Å². The maximum atomic E-state index is 5.66. The second-order valence-electron chi connectivity index (χ2n) is 5.25. The third kappa shape index (κ3) is 4.46. The van der Waals surface area contributed by atoms with Crippen LogP contribution in [0.5, 0.6) is 0 Å². The topological polar surface area (TPSA) is 26.0 Å². The zero-order valence-electron chi connectivity index (χ0n) is 13.0. The van der Waals surface area contributed by atoms with E-state index in [4.69, 9.17) is 5.73 Å². The molecule has 3 aromatic carbocycles. The molecular formula is C22H15NS. The number of rotatable bonds is 0. The van der Waals surface area contributed by atoms with Crippen LogP contribution in [-0.2, 0) is 0 Å². The lowest BCUT2D eigenvalue weighted by atomic mass is 10.1. The first kappa shape index (κ1) is 15.8. The molecule has 0 aromatic heterocycles. The molecule has 0 heterocycles. The molecule has 3 aromatic rings. The summed E-state index contributed by atoms with van der Waals surface area (Å²) in [4.78, 5) is 0.935. The fourth-order valence-corrected chi connectivity index (χ4v) is 2.19. The smallest absolute Gasteiger partial charge is 0.0314 e. The third-order valence-corrected chi connectivity index (χ3v) is 3.66. The fourth-order valence-electron chi connectivity index (χ4n) is 2.04. The first-order valence-electron chi connectivity index (χ1n) is 7.48. The molecule has 2 N–H and O–H groups in total. The van der Waals surface area contributed by atoms with Crippen LogP contribution in [0, 0.1) is 23.7 Å². The van der Waals surface area contributed by atoms with Crippen LogP contribution in [-0.4, -0.2) is 0 Å². The van der Waals surface area contributed by atoms with Gasteiger partial charge >= 0.3 is 0 Å². The summed E-state index contributed by atoms with van der Waals surface area (Å²) in [6.07, 6.45) is 0. The summed E-state index contributed by atoms with van der Waals surface area (Å²) in [7, 11) is 0. The van der Waals surface area contributed by atoms with Crippen molar-refractivity contribution in [2.75, 3.05) is 5.73 Å². The average molecular weight is 325 g/mol. The lowest BCUT2D eigenvalue weighted by Crippen LogP contribution is -1.83. The minimum absolute atomic E-state index is 0.743. The molecule has 2 heteroatoms. The van der Waals surface area contributed by atoms with E-state index in [0.29, 0.717) is 0 Å². The van der Waals surface area contributed by atoms with Gasteiger partial charge in [0.2, 0.25) is 0 Å². The summed E-state index contributed by atoms with van der Waals surface area (Å²) >= 11 is 4.26. The standard InChI is InChI=1S/C22H15NS/c23-21-13-9-19(10-14-21)7-5-17-1-3-18(4-2-17)6-8-20-11-15-22(24)16-12-20/h1-4,9-16,24H,23H2. The van der Waals surface area contributed by atoms with Crippen molar-refractivity contribution < 1.29 is 0 Å². The van der Waals surface area contributed by atoms with Crippen molar-refractivity contribution in [1.29, 1.82) is 0 Å². The Morgan fingerprint density at radius 2 is 0.792 bits per heavy atom. The van der Waals surface area contributed by atoms with Gasteiger partial charge in [-0.05, 0) is 72.8 Å². The minimum atomic E-state index is 0.743. The predicted octanol–water partition coefficient (Wildman–Crippen LogP) is 4.36. The molecule has 1 nitrogen and oxygen atoms in total. The quantitative estimate of drug-likeness (QED) is 0.358. The summed E-state index contributed by atoms with van der Waals surface area (Å²) in [6, 6.07) is 23.2. The fraction of sp³-hybridized carbons (Fsp3) is 0. The Hall–Kier alpha value is -3.07. The number of anilines is 1. The Bertz CT molecular complexity index is 863. The highest BCUT2D eigenvalue weighted by Gasteiger charge is 1.91. The molecule has 3 rings (SSSR count). The summed E-state index contributed by atoms with van der Waals surface area (Å²) < 4.78 is 0. The second-order valence-corrected chi connectivity index (χ2v) is 5.76. The van der Waals surface area contributed by atoms with Gasteiger partial charge in [0.05, 0.1) is 0 Å². The maximum Gasteiger partial charge on any atom is 0.0314 e. The van der Waals surface area contributed by atoms with Crippen molar-refractivity contribution in [2.45, 2.75) is 4.90 Å². The lowest BCUT2D eigenvalue weighted by Gasteiger charge is -1.94. The predicted molar refractivity (Wildman–Crippen MR) is 103 cm³/mol. The van der Waals surface area contributed by atoms with Crippen LogP contribution < -0.4 is 5.73 Å². The number of hydrogen-bond acceptors (Lipinski definition) is 2. The van der Waals surface area contributed by atoms with Gasteiger partial charge in [-0.1, -0.05) is 23.7 Å². The van der Waals surface area contributed by atoms with Crippen LogP contribution in [0.2, 0.25) is 0 Å². The summed E-state index contributed by atoms with van der Waals surface area (Å²) in [5.74, 6) is 12.6. The molecule has 0 bridgehead atoms. The Morgan fingerprint density at radius 1 is 0.500 bits per heavy atom. The van der Waals surface area contributed by atoms with Crippen molar-refractivity contribution in [3.63, 3.8) is 0 Å². The van der Waals surface area contributed by atoms with E-state index in [1.54, 1.807) is 0 Å². The Kier molecular flexibility index (Phi) is 4.92. The van der Waals surface area contributed by atoms with Crippen molar-refractivity contribution in [1.82, 2.24) is 0 Å². The van der Waals surface area contributed by atoms with Gasteiger partial charge in [0.25, 0.3) is 0 Å². The Labute approximate surface area is 147 Å². The largest absolute Gasteiger partial charge is 0.399 e. The highest BCUT2D eigenvalue weighted by atomic mass is 32.1. The molecule has 0 unspecified atom stereocenters. The average Bonchev–Trinajstić information content (AvgIpc) is 2.62. The van der Waals surface area contributed by atoms with E-state index in [1.165, 1.54) is 0 Å². The van der Waals surface area contributed by atoms with Crippen molar-refractivity contribution >= 4 is 18.3 Å². The van der Waals surface area contributed by atoms with E-state index >= 15 is 0 Å². The van der Waals surface area contributed by atoms with Crippen molar-refractivity contribution in [3.05, 3.63) is 95.1 Å². The Morgan fingerprint density at radius 3 is 1.17 bits per heavy atom. The molecule has 0 spiro atoms. The number of benzene rings is 3. The second kappa shape index (κ2) is 7.47. The number of hydrogen-bond donors (Lipinski definition) is 2. The Balaban J connectivity index is 1.72. The normalized spacial score (nSPS) is 9.38. The molecule has 0 atom stereocenters. The lowest BCUT2D eigenvalue weighted by molar-refractivity contribution is 1.46. The minimum Gasteiger partial charge on any atom is -0.399 e. The van der Waals surface area contributed by atoms with Gasteiger partial charge < -0.3 is 5.73 Å². The molecule has 114 valence electrons. The zero-order valence-corrected chi connectivity index (χ0v) is 13.8. The van der Waals surface area contributed by atoms with Gasteiger partial charge in [-0.3, -0.25) is 0 Å². The van der Waals surface area contributed by atoms with E-state index in [1.807, 2.05) is 72.8 Å². The van der Waals surface area contributed by atoms with E-state index < -0.39 is 0 Å². The zero-order chi connectivity index (χ0) is 16.8. The van der Waals surface area contributed by atoms with Gasteiger partial charge in [-0.25, -0.2) is 0 Å². The van der Waals surface area contributed by atoms with E-state index in [9.17, 15) is 0 Å². The summed E-state index contributed by atoms with van der Waals surface area (Å²) in [5, 5.41) is 0. The molecule has 0 saturated carbocycles. The monoisotopic (exact) mass is 325 g/mol. The summed E-state index contributed by atoms with van der Waals surface area (Å²) in [6.45, 7) is 0. The molecular weight excluding hydrogens is 310 g/mol. The van der Waals surface area contributed by atoms with Gasteiger partial charge in [0.1, 0.15) is 0 Å². The SMILES string of the molecule is Nc1ccc(C#Cc2ccc(C#Cc3ccc(S)cc3)cc2)cc1. The highest BCUT2D eigenvalue weighted by molar-refractivity contribution is 7.80. The van der Waals surface area contributed by atoms with Crippen LogP contribution in [0.15, 0.2) is 77.7 Å². The first-order valence-corrected chi connectivity index (χ1v) is 7.92. The molecule has 0 aliphatic heterocycles. The van der Waals surface area contributed by atoms with Gasteiger partial charge in [-0.15, -0.1) is 12.6 Å². The third-order valence-electron chi connectivity index (χ3n) is 3.37. The van der Waals surface area contributed by atoms with Crippen molar-refractivity contribution in [2.24, 2.45) is 0 Å². The van der Waals surface area contributed by atoms with E-state index in [0.717, 1.165) is 32.8 Å². The maximum absolute atomic E-state index is 5.66. The van der Waals surface area contributed by atoms with Gasteiger partial charge in [0.15, 0.2) is 0 Å². The molecule has 0 saturated heterocycles. The van der Waals surface area contributed by atoms with E-state index in [-0.39, 0.29) is 0 Å². The molecule has 0 radical (unpaired) electrons. The number of thiol groups is 1. The van der Waals surface area contributed by atoms with Gasteiger partial charge in [-0.2, -0.15) is 0 Å².